The number of likely N-dealkylation sites (tertiary alicyclic amines) is 1. The van der Waals surface area contributed by atoms with Gasteiger partial charge in [-0.25, -0.2) is 9.18 Å². The zero-order valence-corrected chi connectivity index (χ0v) is 13.8. The van der Waals surface area contributed by atoms with Gasteiger partial charge in [0.2, 0.25) is 5.91 Å². The van der Waals surface area contributed by atoms with Crippen LogP contribution in [0.2, 0.25) is 0 Å². The Bertz CT molecular complexity index is 580. The van der Waals surface area contributed by atoms with Gasteiger partial charge in [-0.15, -0.1) is 0 Å². The molecule has 1 heterocycles. The number of piperidine rings is 1. The maximum absolute atomic E-state index is 13.0. The van der Waals surface area contributed by atoms with Crippen LogP contribution in [-0.4, -0.2) is 45.0 Å². The average molecular weight is 322 g/mol. The molecule has 0 bridgehead atoms. The summed E-state index contributed by atoms with van der Waals surface area (Å²) in [7, 11) is 0. The minimum absolute atomic E-state index is 0.182. The van der Waals surface area contributed by atoms with E-state index in [1.165, 1.54) is 17.0 Å². The average Bonchev–Trinajstić information content (AvgIpc) is 2.43. The molecular formula is C17H23FN2O3. The summed E-state index contributed by atoms with van der Waals surface area (Å²) in [4.78, 5) is 27.2. The molecule has 1 fully saturated rings. The normalized spacial score (nSPS) is 18.9. The molecule has 126 valence electrons. The van der Waals surface area contributed by atoms with Gasteiger partial charge in [-0.2, -0.15) is 0 Å². The summed E-state index contributed by atoms with van der Waals surface area (Å²) >= 11 is 0. The summed E-state index contributed by atoms with van der Waals surface area (Å²) in [5, 5.41) is 9.50. The van der Waals surface area contributed by atoms with Crippen molar-refractivity contribution in [3.05, 3.63) is 35.6 Å². The van der Waals surface area contributed by atoms with E-state index in [0.717, 1.165) is 12.0 Å². The van der Waals surface area contributed by atoms with Crippen molar-refractivity contribution < 1.29 is 19.1 Å². The van der Waals surface area contributed by atoms with Crippen LogP contribution in [0.3, 0.4) is 0 Å². The summed E-state index contributed by atoms with van der Waals surface area (Å²) in [6.45, 7) is 6.31. The lowest BCUT2D eigenvalue weighted by Gasteiger charge is -2.43. The van der Waals surface area contributed by atoms with Gasteiger partial charge in [0.15, 0.2) is 0 Å². The molecule has 0 aromatic heterocycles. The van der Waals surface area contributed by atoms with Gasteiger partial charge >= 0.3 is 6.09 Å². The minimum atomic E-state index is -1.08. The van der Waals surface area contributed by atoms with E-state index >= 15 is 0 Å². The molecule has 2 amide bonds. The minimum Gasteiger partial charge on any atom is -0.465 e. The maximum atomic E-state index is 13.0. The van der Waals surface area contributed by atoms with E-state index in [9.17, 15) is 19.1 Å². The number of hydrogen-bond acceptors (Lipinski definition) is 2. The van der Waals surface area contributed by atoms with Gasteiger partial charge in [0.05, 0.1) is 0 Å². The molecule has 1 aliphatic rings. The van der Waals surface area contributed by atoms with Crippen molar-refractivity contribution in [2.75, 3.05) is 6.54 Å². The van der Waals surface area contributed by atoms with Crippen molar-refractivity contribution >= 4 is 12.0 Å². The van der Waals surface area contributed by atoms with E-state index in [1.54, 1.807) is 37.8 Å². The van der Waals surface area contributed by atoms with E-state index in [2.05, 4.69) is 0 Å². The summed E-state index contributed by atoms with van der Waals surface area (Å²) in [6, 6.07) is 5.34. The summed E-state index contributed by atoms with van der Waals surface area (Å²) in [5.74, 6) is -0.501. The predicted molar refractivity (Wildman–Crippen MR) is 84.5 cm³/mol. The van der Waals surface area contributed by atoms with Gasteiger partial charge in [-0.05, 0) is 51.3 Å². The molecule has 5 nitrogen and oxygen atoms in total. The van der Waals surface area contributed by atoms with Gasteiger partial charge in [-0.1, -0.05) is 12.1 Å². The molecule has 1 saturated heterocycles. The van der Waals surface area contributed by atoms with Crippen molar-refractivity contribution in [3.8, 4) is 0 Å². The molecule has 0 radical (unpaired) electrons. The number of hydrogen-bond donors (Lipinski definition) is 1. The maximum Gasteiger partial charge on any atom is 0.408 e. The number of rotatable bonds is 3. The molecule has 6 heteroatoms. The van der Waals surface area contributed by atoms with Crippen LogP contribution >= 0.6 is 0 Å². The number of carbonyl (C=O) groups excluding carboxylic acids is 1. The third kappa shape index (κ3) is 4.00. The van der Waals surface area contributed by atoms with Crippen molar-refractivity contribution in [3.63, 3.8) is 0 Å². The van der Waals surface area contributed by atoms with Crippen LogP contribution in [0.15, 0.2) is 24.3 Å². The highest BCUT2D eigenvalue weighted by molar-refractivity contribution is 5.86. The molecule has 1 aliphatic heterocycles. The van der Waals surface area contributed by atoms with Gasteiger partial charge in [0.1, 0.15) is 11.9 Å². The second-order valence-electron chi connectivity index (χ2n) is 6.87. The Kier molecular flexibility index (Phi) is 4.92. The number of amides is 2. The van der Waals surface area contributed by atoms with Crippen molar-refractivity contribution in [1.82, 2.24) is 9.80 Å². The largest absolute Gasteiger partial charge is 0.465 e. The standard InChI is InChI=1S/C17H23FN2O3/c1-17(2,3)20(16(22)23)14-5-4-10-19(15(14)21)11-12-6-8-13(18)9-7-12/h6-9,14H,4-5,10-11H2,1-3H3,(H,22,23). The molecule has 1 atom stereocenters. The van der Waals surface area contributed by atoms with E-state index in [-0.39, 0.29) is 11.7 Å². The third-order valence-corrected chi connectivity index (χ3v) is 4.03. The highest BCUT2D eigenvalue weighted by Crippen LogP contribution is 2.26. The Labute approximate surface area is 135 Å². The van der Waals surface area contributed by atoms with E-state index in [4.69, 9.17) is 0 Å². The Morgan fingerprint density at radius 1 is 1.35 bits per heavy atom. The molecule has 0 saturated carbocycles. The number of carbonyl (C=O) groups is 2. The van der Waals surface area contributed by atoms with Crippen molar-refractivity contribution in [1.29, 1.82) is 0 Å². The van der Waals surface area contributed by atoms with E-state index in [0.29, 0.717) is 19.5 Å². The first-order valence-electron chi connectivity index (χ1n) is 7.75. The monoisotopic (exact) mass is 322 g/mol. The topological polar surface area (TPSA) is 60.9 Å². The molecular weight excluding hydrogens is 299 g/mol. The van der Waals surface area contributed by atoms with E-state index in [1.807, 2.05) is 0 Å². The first-order valence-corrected chi connectivity index (χ1v) is 7.75. The van der Waals surface area contributed by atoms with Crippen molar-refractivity contribution in [2.24, 2.45) is 0 Å². The number of benzene rings is 1. The zero-order chi connectivity index (χ0) is 17.2. The molecule has 1 aromatic rings. The van der Waals surface area contributed by atoms with Crippen LogP contribution in [0.4, 0.5) is 9.18 Å². The lowest BCUT2D eigenvalue weighted by Crippen LogP contribution is -2.59. The van der Waals surface area contributed by atoms with Crippen LogP contribution < -0.4 is 0 Å². The van der Waals surface area contributed by atoms with Crippen LogP contribution in [0, 0.1) is 5.82 Å². The third-order valence-electron chi connectivity index (χ3n) is 4.03. The zero-order valence-electron chi connectivity index (χ0n) is 13.8. The van der Waals surface area contributed by atoms with Gasteiger partial charge < -0.3 is 10.0 Å². The fourth-order valence-corrected chi connectivity index (χ4v) is 3.01. The predicted octanol–water partition coefficient (Wildman–Crippen LogP) is 3.10. The number of halogens is 1. The molecule has 0 spiro atoms. The first-order chi connectivity index (χ1) is 10.7. The van der Waals surface area contributed by atoms with Gasteiger partial charge in [-0.3, -0.25) is 9.69 Å². The summed E-state index contributed by atoms with van der Waals surface area (Å²) < 4.78 is 13.0. The lowest BCUT2D eigenvalue weighted by atomic mass is 9.96. The van der Waals surface area contributed by atoms with Crippen molar-refractivity contribution in [2.45, 2.75) is 51.7 Å². The fourth-order valence-electron chi connectivity index (χ4n) is 3.01. The highest BCUT2D eigenvalue weighted by atomic mass is 19.1. The molecule has 1 unspecified atom stereocenters. The second kappa shape index (κ2) is 6.56. The van der Waals surface area contributed by atoms with E-state index < -0.39 is 17.7 Å². The lowest BCUT2D eigenvalue weighted by molar-refractivity contribution is -0.142. The Morgan fingerprint density at radius 3 is 2.48 bits per heavy atom. The quantitative estimate of drug-likeness (QED) is 0.930. The Hall–Kier alpha value is -2.11. The molecule has 1 N–H and O–H groups in total. The highest BCUT2D eigenvalue weighted by Gasteiger charge is 2.40. The van der Waals surface area contributed by atoms with Gasteiger partial charge in [0, 0.05) is 18.6 Å². The molecule has 1 aromatic carbocycles. The number of nitrogens with zero attached hydrogens (tertiary/aromatic N) is 2. The van der Waals surface area contributed by atoms with Crippen LogP contribution in [0.1, 0.15) is 39.2 Å². The second-order valence-corrected chi connectivity index (χ2v) is 6.87. The number of carboxylic acid groups (broad SMARTS) is 1. The van der Waals surface area contributed by atoms with Crippen LogP contribution in [0.5, 0.6) is 0 Å². The summed E-state index contributed by atoms with van der Waals surface area (Å²) in [6.07, 6.45) is 0.194. The van der Waals surface area contributed by atoms with Gasteiger partial charge in [0.25, 0.3) is 0 Å². The SMILES string of the molecule is CC(C)(C)N(C(=O)O)C1CCCN(Cc2ccc(F)cc2)C1=O. The Morgan fingerprint density at radius 2 is 1.96 bits per heavy atom. The smallest absolute Gasteiger partial charge is 0.408 e. The molecule has 23 heavy (non-hydrogen) atoms. The summed E-state index contributed by atoms with van der Waals surface area (Å²) in [5.41, 5.74) is 0.184. The fraction of sp³-hybridized carbons (Fsp3) is 0.529. The van der Waals surface area contributed by atoms with Crippen LogP contribution in [-0.2, 0) is 11.3 Å². The Balaban J connectivity index is 2.17. The first kappa shape index (κ1) is 17.2. The molecule has 0 aliphatic carbocycles. The van der Waals surface area contributed by atoms with Crippen LogP contribution in [0.25, 0.3) is 0 Å². The molecule has 2 rings (SSSR count).